The van der Waals surface area contributed by atoms with Gasteiger partial charge in [-0.3, -0.25) is 0 Å². The van der Waals surface area contributed by atoms with Crippen molar-refractivity contribution in [2.24, 2.45) is 0 Å². The molecule has 1 N–H and O–H groups in total. The predicted molar refractivity (Wildman–Crippen MR) is 132 cm³/mol. The Labute approximate surface area is 196 Å². The van der Waals surface area contributed by atoms with Crippen molar-refractivity contribution in [2.45, 2.75) is 13.2 Å². The average Bonchev–Trinajstić information content (AvgIpc) is 2.84. The van der Waals surface area contributed by atoms with Gasteiger partial charge in [0.25, 0.3) is 0 Å². The molecule has 4 aromatic rings. The minimum atomic E-state index is 0.477. The highest BCUT2D eigenvalue weighted by Crippen LogP contribution is 2.37. The summed E-state index contributed by atoms with van der Waals surface area (Å²) < 4.78 is 18.3. The highest BCUT2D eigenvalue weighted by atomic mass is 79.9. The van der Waals surface area contributed by atoms with Crippen LogP contribution in [0.2, 0.25) is 0 Å². The second-order valence-electron chi connectivity index (χ2n) is 7.18. The van der Waals surface area contributed by atoms with Crippen LogP contribution in [0.4, 0.5) is 5.69 Å². The second-order valence-corrected chi connectivity index (χ2v) is 8.03. The van der Waals surface area contributed by atoms with Crippen molar-refractivity contribution >= 4 is 21.6 Å². The van der Waals surface area contributed by atoms with Crippen molar-refractivity contribution in [1.29, 1.82) is 0 Å². The first kappa shape index (κ1) is 21.8. The topological polar surface area (TPSA) is 39.7 Å². The van der Waals surface area contributed by atoms with Crippen LogP contribution in [0.1, 0.15) is 11.1 Å². The van der Waals surface area contributed by atoms with Gasteiger partial charge in [-0.15, -0.1) is 0 Å². The van der Waals surface area contributed by atoms with Crippen LogP contribution in [0, 0.1) is 0 Å². The molecular formula is C27H24BrNO3. The molecule has 4 aromatic carbocycles. The molecule has 0 aliphatic carbocycles. The predicted octanol–water partition coefficient (Wildman–Crippen LogP) is 7.44. The van der Waals surface area contributed by atoms with Gasteiger partial charge in [0.15, 0.2) is 11.5 Å². The summed E-state index contributed by atoms with van der Waals surface area (Å²) in [5, 5.41) is 3.44. The molecule has 162 valence electrons. The number of para-hydroxylation sites is 1. The zero-order valence-corrected chi connectivity index (χ0v) is 19.3. The Balaban J connectivity index is 1.38. The summed E-state index contributed by atoms with van der Waals surface area (Å²) in [5.74, 6) is 3.01. The molecule has 0 radical (unpaired) electrons. The second kappa shape index (κ2) is 10.7. The molecule has 0 saturated carbocycles. The van der Waals surface area contributed by atoms with Crippen LogP contribution in [0.3, 0.4) is 0 Å². The fourth-order valence-corrected chi connectivity index (χ4v) is 3.82. The molecule has 0 atom stereocenters. The van der Waals surface area contributed by atoms with Crippen LogP contribution in [-0.4, -0.2) is 7.11 Å². The van der Waals surface area contributed by atoms with E-state index in [-0.39, 0.29) is 0 Å². The van der Waals surface area contributed by atoms with E-state index in [9.17, 15) is 0 Å². The van der Waals surface area contributed by atoms with E-state index in [2.05, 4.69) is 21.2 Å². The number of nitrogens with one attached hydrogen (secondary N) is 1. The van der Waals surface area contributed by atoms with E-state index in [1.165, 1.54) is 0 Å². The van der Waals surface area contributed by atoms with Crippen molar-refractivity contribution in [3.8, 4) is 23.0 Å². The van der Waals surface area contributed by atoms with E-state index in [0.29, 0.717) is 24.7 Å². The molecule has 32 heavy (non-hydrogen) atoms. The molecule has 4 rings (SSSR count). The molecule has 0 aliphatic heterocycles. The van der Waals surface area contributed by atoms with Gasteiger partial charge in [0.05, 0.1) is 11.6 Å². The number of halogens is 1. The number of anilines is 1. The van der Waals surface area contributed by atoms with Crippen molar-refractivity contribution < 1.29 is 14.2 Å². The largest absolute Gasteiger partial charge is 0.493 e. The molecule has 0 fully saturated rings. The molecule has 0 amide bonds. The summed E-state index contributed by atoms with van der Waals surface area (Å²) in [6.45, 7) is 1.12. The Kier molecular flexibility index (Phi) is 7.31. The van der Waals surface area contributed by atoms with Gasteiger partial charge in [0.1, 0.15) is 18.1 Å². The van der Waals surface area contributed by atoms with Gasteiger partial charge in [-0.05, 0) is 75.6 Å². The number of ether oxygens (including phenoxy) is 3. The first-order valence-electron chi connectivity index (χ1n) is 10.3. The van der Waals surface area contributed by atoms with Crippen molar-refractivity contribution in [3.63, 3.8) is 0 Å². The minimum absolute atomic E-state index is 0.477. The van der Waals surface area contributed by atoms with Crippen LogP contribution in [0.5, 0.6) is 23.0 Å². The summed E-state index contributed by atoms with van der Waals surface area (Å²) in [4.78, 5) is 0. The van der Waals surface area contributed by atoms with Crippen LogP contribution >= 0.6 is 15.9 Å². The summed E-state index contributed by atoms with van der Waals surface area (Å²) in [5.41, 5.74) is 3.18. The normalized spacial score (nSPS) is 10.4. The fourth-order valence-electron chi connectivity index (χ4n) is 3.21. The third-order valence-corrected chi connectivity index (χ3v) is 5.43. The monoisotopic (exact) mass is 489 g/mol. The molecule has 0 saturated heterocycles. The minimum Gasteiger partial charge on any atom is -0.493 e. The van der Waals surface area contributed by atoms with Gasteiger partial charge in [0.2, 0.25) is 0 Å². The molecule has 0 bridgehead atoms. The Morgan fingerprint density at radius 2 is 1.41 bits per heavy atom. The van der Waals surface area contributed by atoms with E-state index in [1.54, 1.807) is 7.11 Å². The lowest BCUT2D eigenvalue weighted by Crippen LogP contribution is -2.02. The SMILES string of the molecule is COc1cc(CNc2ccc(Oc3ccccc3)cc2)cc(Br)c1OCc1ccccc1. The van der Waals surface area contributed by atoms with Crippen LogP contribution < -0.4 is 19.5 Å². The Morgan fingerprint density at radius 1 is 0.750 bits per heavy atom. The quantitative estimate of drug-likeness (QED) is 0.265. The highest BCUT2D eigenvalue weighted by molar-refractivity contribution is 9.10. The highest BCUT2D eigenvalue weighted by Gasteiger charge is 2.12. The fraction of sp³-hybridized carbons (Fsp3) is 0.111. The first-order chi connectivity index (χ1) is 15.7. The lowest BCUT2D eigenvalue weighted by atomic mass is 10.2. The van der Waals surface area contributed by atoms with Crippen molar-refractivity contribution in [3.05, 3.63) is 113 Å². The number of benzene rings is 4. The summed E-state index contributed by atoms with van der Waals surface area (Å²) in [6.07, 6.45) is 0. The standard InChI is InChI=1S/C27H24BrNO3/c1-30-26-17-21(16-25(28)27(26)31-19-20-8-4-2-5-9-20)18-29-22-12-14-24(15-13-22)32-23-10-6-3-7-11-23/h2-17,29H,18-19H2,1H3. The average molecular weight is 490 g/mol. The summed E-state index contributed by atoms with van der Waals surface area (Å²) in [7, 11) is 1.65. The molecule has 0 spiro atoms. The number of hydrogen-bond acceptors (Lipinski definition) is 4. The van der Waals surface area contributed by atoms with Gasteiger partial charge in [-0.25, -0.2) is 0 Å². The lowest BCUT2D eigenvalue weighted by Gasteiger charge is -2.15. The van der Waals surface area contributed by atoms with E-state index < -0.39 is 0 Å². The molecule has 0 aliphatic rings. The Bertz CT molecular complexity index is 1130. The van der Waals surface area contributed by atoms with E-state index in [1.807, 2.05) is 97.1 Å². The maximum absolute atomic E-state index is 6.02. The zero-order chi connectivity index (χ0) is 22.2. The van der Waals surface area contributed by atoms with Gasteiger partial charge in [-0.1, -0.05) is 48.5 Å². The van der Waals surface area contributed by atoms with Crippen molar-refractivity contribution in [1.82, 2.24) is 0 Å². The van der Waals surface area contributed by atoms with Crippen LogP contribution in [0.15, 0.2) is 102 Å². The number of hydrogen-bond donors (Lipinski definition) is 1. The van der Waals surface area contributed by atoms with E-state index in [4.69, 9.17) is 14.2 Å². The van der Waals surface area contributed by atoms with Gasteiger partial charge in [0, 0.05) is 12.2 Å². The first-order valence-corrected chi connectivity index (χ1v) is 11.1. The Morgan fingerprint density at radius 3 is 2.09 bits per heavy atom. The molecule has 5 heteroatoms. The van der Waals surface area contributed by atoms with Gasteiger partial charge < -0.3 is 19.5 Å². The van der Waals surface area contributed by atoms with Gasteiger partial charge in [-0.2, -0.15) is 0 Å². The number of methoxy groups -OCH3 is 1. The maximum Gasteiger partial charge on any atom is 0.175 e. The van der Waals surface area contributed by atoms with Crippen LogP contribution in [0.25, 0.3) is 0 Å². The molecular weight excluding hydrogens is 466 g/mol. The smallest absolute Gasteiger partial charge is 0.175 e. The molecule has 4 nitrogen and oxygen atoms in total. The third kappa shape index (κ3) is 5.83. The molecule has 0 unspecified atom stereocenters. The van der Waals surface area contributed by atoms with Crippen molar-refractivity contribution in [2.75, 3.05) is 12.4 Å². The Hall–Kier alpha value is -3.44. The van der Waals surface area contributed by atoms with Crippen LogP contribution in [-0.2, 0) is 13.2 Å². The number of rotatable bonds is 9. The lowest BCUT2D eigenvalue weighted by molar-refractivity contribution is 0.282. The van der Waals surface area contributed by atoms with E-state index >= 15 is 0 Å². The summed E-state index contributed by atoms with van der Waals surface area (Å²) >= 11 is 3.63. The molecule has 0 heterocycles. The van der Waals surface area contributed by atoms with E-state index in [0.717, 1.165) is 32.8 Å². The summed E-state index contributed by atoms with van der Waals surface area (Å²) in [6, 6.07) is 31.8. The zero-order valence-electron chi connectivity index (χ0n) is 17.8. The third-order valence-electron chi connectivity index (χ3n) is 4.85. The maximum atomic E-state index is 6.02. The molecule has 0 aromatic heterocycles. The van der Waals surface area contributed by atoms with Gasteiger partial charge >= 0.3 is 0 Å².